The number of carbonyl (C=O) groups excluding carboxylic acids is 1. The number of aromatic nitrogens is 2. The SMILES string of the molecule is CC[C@@]1(O)CC(=O)Oc2c1cc1n(c2=O)Cc2c-1nc1cc(OC)c(OC)cc1c2CC[Si](C)(C)C. The second kappa shape index (κ2) is 8.45. The van der Waals surface area contributed by atoms with Crippen LogP contribution in [0.5, 0.6) is 17.2 Å². The van der Waals surface area contributed by atoms with E-state index in [4.69, 9.17) is 19.2 Å². The Morgan fingerprint density at radius 1 is 1.14 bits per heavy atom. The summed E-state index contributed by atoms with van der Waals surface area (Å²) in [5.74, 6) is 0.536. The second-order valence-corrected chi connectivity index (χ2v) is 16.5. The standard InChI is InChI=1S/C27H32N2O6Si/c1-7-27(32)13-23(30)35-25-18(27)11-20-24-17(14-29(20)26(25)31)15(8-9-36(4,5)6)16-10-21(33-2)22(34-3)12-19(16)28-24/h10-12,32H,7-9,13-14H2,1-6H3/t27-/m1/s1. The first-order valence-electron chi connectivity index (χ1n) is 12.3. The van der Waals surface area contributed by atoms with Gasteiger partial charge in [-0.25, -0.2) is 4.98 Å². The van der Waals surface area contributed by atoms with Crippen LogP contribution in [0.4, 0.5) is 0 Å². The Labute approximate surface area is 210 Å². The third kappa shape index (κ3) is 3.81. The Morgan fingerprint density at radius 3 is 2.47 bits per heavy atom. The van der Waals surface area contributed by atoms with Gasteiger partial charge < -0.3 is 19.3 Å². The van der Waals surface area contributed by atoms with Crippen molar-refractivity contribution in [3.05, 3.63) is 45.2 Å². The van der Waals surface area contributed by atoms with Crippen molar-refractivity contribution in [2.24, 2.45) is 0 Å². The lowest BCUT2D eigenvalue weighted by Gasteiger charge is -2.32. The molecule has 0 spiro atoms. The van der Waals surface area contributed by atoms with Crippen LogP contribution in [0.2, 0.25) is 25.7 Å². The summed E-state index contributed by atoms with van der Waals surface area (Å²) in [5, 5.41) is 12.2. The molecule has 0 radical (unpaired) electrons. The molecule has 8 nitrogen and oxygen atoms in total. The smallest absolute Gasteiger partial charge is 0.314 e. The summed E-state index contributed by atoms with van der Waals surface area (Å²) in [5.41, 5.74) is 2.71. The number of aliphatic hydroxyl groups is 1. The maximum absolute atomic E-state index is 13.6. The predicted octanol–water partition coefficient (Wildman–Crippen LogP) is 4.23. The molecular weight excluding hydrogens is 476 g/mol. The van der Waals surface area contributed by atoms with E-state index in [2.05, 4.69) is 19.6 Å². The van der Waals surface area contributed by atoms with Gasteiger partial charge in [-0.2, -0.15) is 0 Å². The maximum atomic E-state index is 13.6. The first-order chi connectivity index (χ1) is 17.0. The summed E-state index contributed by atoms with van der Waals surface area (Å²) in [6.45, 7) is 9.15. The van der Waals surface area contributed by atoms with Gasteiger partial charge in [0.1, 0.15) is 5.60 Å². The summed E-state index contributed by atoms with van der Waals surface area (Å²) in [7, 11) is 1.83. The average Bonchev–Trinajstić information content (AvgIpc) is 3.19. The highest BCUT2D eigenvalue weighted by Gasteiger charge is 2.42. The minimum atomic E-state index is -1.45. The van der Waals surface area contributed by atoms with Crippen molar-refractivity contribution >= 4 is 24.9 Å². The van der Waals surface area contributed by atoms with E-state index in [-0.39, 0.29) is 18.6 Å². The van der Waals surface area contributed by atoms with Crippen LogP contribution in [0, 0.1) is 0 Å². The minimum absolute atomic E-state index is 0.0799. The largest absolute Gasteiger partial charge is 0.493 e. The van der Waals surface area contributed by atoms with Gasteiger partial charge in [0.25, 0.3) is 5.56 Å². The first-order valence-corrected chi connectivity index (χ1v) is 16.0. The van der Waals surface area contributed by atoms with Crippen molar-refractivity contribution in [3.8, 4) is 28.6 Å². The zero-order valence-corrected chi connectivity index (χ0v) is 22.7. The van der Waals surface area contributed by atoms with Crippen molar-refractivity contribution in [1.29, 1.82) is 0 Å². The van der Waals surface area contributed by atoms with Crippen LogP contribution in [0.15, 0.2) is 23.0 Å². The van der Waals surface area contributed by atoms with Gasteiger partial charge in [0.2, 0.25) is 5.75 Å². The Balaban J connectivity index is 1.79. The summed E-state index contributed by atoms with van der Waals surface area (Å²) >= 11 is 0. The highest BCUT2D eigenvalue weighted by atomic mass is 28.3. The van der Waals surface area contributed by atoms with E-state index in [1.807, 2.05) is 12.1 Å². The molecule has 2 aliphatic rings. The Bertz CT molecular complexity index is 1470. The molecule has 5 rings (SSSR count). The fourth-order valence-corrected chi connectivity index (χ4v) is 6.25. The Kier molecular flexibility index (Phi) is 5.76. The van der Waals surface area contributed by atoms with Crippen LogP contribution in [0.3, 0.4) is 0 Å². The molecule has 190 valence electrons. The third-order valence-corrected chi connectivity index (χ3v) is 9.14. The normalized spacial score (nSPS) is 18.5. The van der Waals surface area contributed by atoms with Crippen LogP contribution in [0.1, 0.15) is 36.5 Å². The third-order valence-electron chi connectivity index (χ3n) is 7.39. The molecule has 36 heavy (non-hydrogen) atoms. The van der Waals surface area contributed by atoms with E-state index < -0.39 is 25.2 Å². The molecule has 2 aliphatic heterocycles. The van der Waals surface area contributed by atoms with Crippen molar-refractivity contribution in [1.82, 2.24) is 9.55 Å². The molecule has 0 saturated carbocycles. The number of esters is 1. The number of hydrogen-bond donors (Lipinski definition) is 1. The number of pyridine rings is 2. The number of rotatable bonds is 6. The number of aryl methyl sites for hydroxylation is 1. The van der Waals surface area contributed by atoms with Gasteiger partial charge in [0, 0.05) is 30.7 Å². The molecule has 0 amide bonds. The summed E-state index contributed by atoms with van der Waals surface area (Å²) in [6.07, 6.45) is 0.952. The molecule has 1 N–H and O–H groups in total. The van der Waals surface area contributed by atoms with Crippen molar-refractivity contribution in [2.75, 3.05) is 14.2 Å². The lowest BCUT2D eigenvalue weighted by atomic mass is 9.85. The van der Waals surface area contributed by atoms with Gasteiger partial charge in [0.05, 0.1) is 44.1 Å². The number of hydrogen-bond acceptors (Lipinski definition) is 7. The lowest BCUT2D eigenvalue weighted by Crippen LogP contribution is -2.39. The van der Waals surface area contributed by atoms with Crippen molar-refractivity contribution < 1.29 is 24.1 Å². The van der Waals surface area contributed by atoms with E-state index >= 15 is 0 Å². The zero-order valence-electron chi connectivity index (χ0n) is 21.7. The highest BCUT2D eigenvalue weighted by molar-refractivity contribution is 6.76. The highest BCUT2D eigenvalue weighted by Crippen LogP contribution is 2.44. The molecular formula is C27H32N2O6Si. The van der Waals surface area contributed by atoms with Crippen molar-refractivity contribution in [3.63, 3.8) is 0 Å². The van der Waals surface area contributed by atoms with E-state index in [1.54, 1.807) is 31.8 Å². The van der Waals surface area contributed by atoms with E-state index in [9.17, 15) is 14.7 Å². The van der Waals surface area contributed by atoms with Crippen molar-refractivity contribution in [2.45, 2.75) is 64.0 Å². The van der Waals surface area contributed by atoms with Crippen LogP contribution in [-0.4, -0.2) is 42.9 Å². The van der Waals surface area contributed by atoms with E-state index in [0.29, 0.717) is 29.3 Å². The van der Waals surface area contributed by atoms with Crippen LogP contribution in [0.25, 0.3) is 22.3 Å². The minimum Gasteiger partial charge on any atom is -0.493 e. The average molecular weight is 509 g/mol. The van der Waals surface area contributed by atoms with Gasteiger partial charge >= 0.3 is 5.97 Å². The molecule has 1 atom stereocenters. The summed E-state index contributed by atoms with van der Waals surface area (Å²) in [4.78, 5) is 30.8. The van der Waals surface area contributed by atoms with Gasteiger partial charge in [0.15, 0.2) is 11.5 Å². The maximum Gasteiger partial charge on any atom is 0.314 e. The quantitative estimate of drug-likeness (QED) is 0.307. The zero-order chi connectivity index (χ0) is 26.0. The van der Waals surface area contributed by atoms with Gasteiger partial charge in [-0.15, -0.1) is 0 Å². The van der Waals surface area contributed by atoms with Crippen LogP contribution in [-0.2, 0) is 23.4 Å². The van der Waals surface area contributed by atoms with Gasteiger partial charge in [-0.05, 0) is 30.5 Å². The lowest BCUT2D eigenvalue weighted by molar-refractivity contribution is -0.143. The number of benzene rings is 1. The van der Waals surface area contributed by atoms with Crippen LogP contribution < -0.4 is 19.8 Å². The number of ether oxygens (including phenoxy) is 3. The summed E-state index contributed by atoms with van der Waals surface area (Å²) < 4.78 is 18.1. The monoisotopic (exact) mass is 508 g/mol. The molecule has 0 fully saturated rings. The van der Waals surface area contributed by atoms with E-state index in [0.717, 1.165) is 40.2 Å². The van der Waals surface area contributed by atoms with Gasteiger partial charge in [-0.3, -0.25) is 14.2 Å². The number of carbonyl (C=O) groups is 1. The fraction of sp³-hybridized carbons (Fsp3) is 0.444. The fourth-order valence-electron chi connectivity index (χ4n) is 5.25. The predicted molar refractivity (Wildman–Crippen MR) is 140 cm³/mol. The molecule has 4 heterocycles. The summed E-state index contributed by atoms with van der Waals surface area (Å²) in [6, 6.07) is 6.69. The van der Waals surface area contributed by atoms with E-state index in [1.165, 1.54) is 0 Å². The first kappa shape index (κ1) is 24.5. The molecule has 1 aromatic carbocycles. The van der Waals surface area contributed by atoms with Gasteiger partial charge in [-0.1, -0.05) is 32.6 Å². The second-order valence-electron chi connectivity index (χ2n) is 10.9. The number of fused-ring (bicyclic) bond motifs is 5. The van der Waals surface area contributed by atoms with Crippen LogP contribution >= 0.6 is 0 Å². The Morgan fingerprint density at radius 2 is 1.83 bits per heavy atom. The molecule has 0 aliphatic carbocycles. The molecule has 2 aromatic heterocycles. The topological polar surface area (TPSA) is 99.9 Å². The number of nitrogens with zero attached hydrogens (tertiary/aromatic N) is 2. The number of methoxy groups -OCH3 is 2. The molecule has 3 aromatic rings. The molecule has 0 saturated heterocycles. The molecule has 0 bridgehead atoms. The molecule has 0 unspecified atom stereocenters. The Hall–Kier alpha value is -3.17. The molecule has 9 heteroatoms.